The Morgan fingerprint density at radius 2 is 1.12 bits per heavy atom. The number of hydrogen-bond donors (Lipinski definition) is 5. The first-order valence-corrected chi connectivity index (χ1v) is 17.2. The molecule has 4 aromatic rings. The number of aromatic amines is 4. The van der Waals surface area contributed by atoms with Gasteiger partial charge in [-0.3, -0.25) is 0 Å². The minimum Gasteiger partial charge on any atom is -0.459 e. The van der Waals surface area contributed by atoms with Crippen molar-refractivity contribution in [3.05, 3.63) is 82.0 Å². The highest BCUT2D eigenvalue weighted by atomic mass is 32.1. The van der Waals surface area contributed by atoms with Crippen molar-refractivity contribution in [2.45, 2.75) is 44.6 Å². The summed E-state index contributed by atoms with van der Waals surface area (Å²) in [4.78, 5) is 40.5. The quantitative estimate of drug-likeness (QED) is 0.0335. The summed E-state index contributed by atoms with van der Waals surface area (Å²) < 4.78 is 17.7. The van der Waals surface area contributed by atoms with E-state index in [0.717, 1.165) is 31.9 Å². The maximum Gasteiger partial charge on any atom is 0.326 e. The molecule has 0 saturated carbocycles. The van der Waals surface area contributed by atoms with Gasteiger partial charge in [0.15, 0.2) is 9.54 Å². The lowest BCUT2D eigenvalue weighted by atomic mass is 10.3. The van der Waals surface area contributed by atoms with Crippen molar-refractivity contribution in [2.24, 2.45) is 0 Å². The zero-order valence-electron chi connectivity index (χ0n) is 27.9. The average Bonchev–Trinajstić information content (AvgIpc) is 3.09. The van der Waals surface area contributed by atoms with E-state index in [4.69, 9.17) is 63.1 Å². The number of unbranched alkanes of at least 4 members (excludes halogenated alkanes) is 2. The molecule has 50 heavy (non-hydrogen) atoms. The summed E-state index contributed by atoms with van der Waals surface area (Å²) >= 11 is 23.7. The van der Waals surface area contributed by atoms with Gasteiger partial charge in [-0.05, 0) is 49.5 Å². The Morgan fingerprint density at radius 1 is 0.680 bits per heavy atom. The Hall–Kier alpha value is -4.24. The fourth-order valence-electron chi connectivity index (χ4n) is 3.13. The van der Waals surface area contributed by atoms with Gasteiger partial charge in [-0.2, -0.15) is 4.98 Å². The molecule has 4 aromatic heterocycles. The summed E-state index contributed by atoms with van der Waals surface area (Å²) in [5, 5.41) is 0.684. The molecule has 4 N–H and O–H groups in total. The molecule has 20 heteroatoms. The van der Waals surface area contributed by atoms with Crippen LogP contribution in [0.3, 0.4) is 0 Å². The number of hydrogen-bond acceptors (Lipinski definition) is 16. The lowest BCUT2D eigenvalue weighted by molar-refractivity contribution is 0.268. The van der Waals surface area contributed by atoms with Gasteiger partial charge < -0.3 is 39.0 Å². The number of nitrogens with one attached hydrogen (secondary N) is 4. The van der Waals surface area contributed by atoms with Gasteiger partial charge in [0.2, 0.25) is 10.7 Å². The molecule has 0 aliphatic heterocycles. The van der Waals surface area contributed by atoms with Crippen LogP contribution >= 0.6 is 61.5 Å². The van der Waals surface area contributed by atoms with Gasteiger partial charge in [-0.15, -0.1) is 27.6 Å². The summed E-state index contributed by atoms with van der Waals surface area (Å²) in [6.45, 7) is 17.8. The molecule has 4 heterocycles. The van der Waals surface area contributed by atoms with E-state index in [0.29, 0.717) is 24.0 Å². The van der Waals surface area contributed by atoms with E-state index >= 15 is 0 Å². The highest BCUT2D eigenvalue weighted by Crippen LogP contribution is 2.15. The van der Waals surface area contributed by atoms with Crippen molar-refractivity contribution in [3.63, 3.8) is 0 Å². The fourth-order valence-corrected chi connectivity index (χ4v) is 4.48. The van der Waals surface area contributed by atoms with Crippen LogP contribution in [0.1, 0.15) is 39.5 Å². The first-order chi connectivity index (χ1) is 24.1. The van der Waals surface area contributed by atoms with Gasteiger partial charge in [0.1, 0.15) is 43.4 Å². The van der Waals surface area contributed by atoms with E-state index in [1.54, 1.807) is 24.3 Å². The van der Waals surface area contributed by atoms with Crippen LogP contribution in [0.15, 0.2) is 68.0 Å². The van der Waals surface area contributed by atoms with Gasteiger partial charge in [0, 0.05) is 19.2 Å². The van der Waals surface area contributed by atoms with Crippen LogP contribution in [-0.2, 0) is 0 Å². The highest BCUT2D eigenvalue weighted by Gasteiger charge is 2.09. The van der Waals surface area contributed by atoms with Crippen molar-refractivity contribution in [1.82, 2.24) is 54.8 Å². The summed E-state index contributed by atoms with van der Waals surface area (Å²) in [6, 6.07) is 2.03. The highest BCUT2D eigenvalue weighted by molar-refractivity contribution is 7.80. The number of rotatable bonds is 16. The minimum atomic E-state index is 0.114. The van der Waals surface area contributed by atoms with Crippen molar-refractivity contribution in [1.29, 1.82) is 0 Å². The molecule has 0 fully saturated rings. The first-order valence-electron chi connectivity index (χ1n) is 15.2. The molecule has 0 spiro atoms. The number of ether oxygens (including phenoxy) is 3. The molecule has 0 aliphatic carbocycles. The van der Waals surface area contributed by atoms with Crippen molar-refractivity contribution < 1.29 is 14.2 Å². The molecule has 0 unspecified atom stereocenters. The Balaban J connectivity index is 0.000000358. The minimum absolute atomic E-state index is 0.114. The molecule has 0 saturated heterocycles. The fraction of sp³-hybridized carbons (Fsp3) is 0.367. The van der Waals surface area contributed by atoms with Gasteiger partial charge in [0.05, 0.1) is 5.03 Å². The summed E-state index contributed by atoms with van der Waals surface area (Å²) in [7, 11) is 0. The van der Waals surface area contributed by atoms with Gasteiger partial charge in [-0.1, -0.05) is 76.9 Å². The van der Waals surface area contributed by atoms with Crippen LogP contribution in [0, 0.1) is 19.0 Å². The third-order valence-electron chi connectivity index (χ3n) is 5.23. The largest absolute Gasteiger partial charge is 0.459 e. The van der Waals surface area contributed by atoms with Crippen molar-refractivity contribution in [3.8, 4) is 18.0 Å². The Kier molecular flexibility index (Phi) is 24.1. The lowest BCUT2D eigenvalue weighted by Crippen LogP contribution is -2.27. The van der Waals surface area contributed by atoms with E-state index in [2.05, 4.69) is 106 Å². The molecule has 0 atom stereocenters. The predicted molar refractivity (Wildman–Crippen MR) is 207 cm³/mol. The summed E-state index contributed by atoms with van der Waals surface area (Å²) in [5.74, 6) is 0.792. The van der Waals surface area contributed by atoms with Crippen LogP contribution in [0.25, 0.3) is 0 Å². The number of H-pyrrole nitrogens is 4. The first kappa shape index (κ1) is 43.8. The van der Waals surface area contributed by atoms with Crippen molar-refractivity contribution >= 4 is 67.4 Å². The van der Waals surface area contributed by atoms with Crippen LogP contribution in [0.4, 0.5) is 5.95 Å². The zero-order chi connectivity index (χ0) is 37.0. The van der Waals surface area contributed by atoms with Crippen LogP contribution in [-0.4, -0.2) is 87.7 Å². The normalized spacial score (nSPS) is 9.58. The van der Waals surface area contributed by atoms with E-state index in [1.807, 2.05) is 0 Å². The Labute approximate surface area is 317 Å². The number of thiol groups is 1. The molecule has 4 rings (SSSR count). The van der Waals surface area contributed by atoms with E-state index < -0.39 is 0 Å². The molecule has 0 bridgehead atoms. The molecule has 270 valence electrons. The second kappa shape index (κ2) is 27.6. The lowest BCUT2D eigenvalue weighted by Gasteiger charge is -2.22. The second-order valence-corrected chi connectivity index (χ2v) is 11.4. The molecule has 15 nitrogen and oxygen atoms in total. The molecular formula is C30H42N12O3S5. The molecular weight excluding hydrogens is 737 g/mol. The monoisotopic (exact) mass is 778 g/mol. The SMILES string of the molecule is C=CCOc1nc(OCC=C)nc(OCC=C)n1.CCCCN(CCCC)c1nc(=S)[nH]c(=S)[nH]1.S=c1cc(S)[nH]c(=S)[nH]1.c1ncncn1. The van der Waals surface area contributed by atoms with E-state index in [1.165, 1.54) is 31.8 Å². The third kappa shape index (κ3) is 21.0. The van der Waals surface area contributed by atoms with Crippen LogP contribution in [0.2, 0.25) is 0 Å². The maximum atomic E-state index is 5.20. The van der Waals surface area contributed by atoms with Crippen LogP contribution in [0.5, 0.6) is 18.0 Å². The number of nitrogens with zero attached hydrogens (tertiary/aromatic N) is 8. The van der Waals surface area contributed by atoms with Gasteiger partial charge >= 0.3 is 18.0 Å². The van der Waals surface area contributed by atoms with Gasteiger partial charge in [-0.25, -0.2) is 15.0 Å². The van der Waals surface area contributed by atoms with Crippen LogP contribution < -0.4 is 19.1 Å². The Morgan fingerprint density at radius 3 is 1.46 bits per heavy atom. The van der Waals surface area contributed by atoms with Crippen molar-refractivity contribution in [2.75, 3.05) is 37.8 Å². The molecule has 0 aromatic carbocycles. The number of anilines is 1. The third-order valence-corrected chi connectivity index (χ3v) is 6.29. The number of aromatic nitrogens is 11. The zero-order valence-corrected chi connectivity index (χ0v) is 32.1. The van der Waals surface area contributed by atoms with Gasteiger partial charge in [0.25, 0.3) is 0 Å². The smallest absolute Gasteiger partial charge is 0.326 e. The summed E-state index contributed by atoms with van der Waals surface area (Å²) in [6.07, 6.45) is 13.7. The van der Waals surface area contributed by atoms with E-state index in [9.17, 15) is 0 Å². The molecule has 0 aliphatic rings. The summed E-state index contributed by atoms with van der Waals surface area (Å²) in [5.41, 5.74) is 0. The predicted octanol–water partition coefficient (Wildman–Crippen LogP) is 7.13. The maximum absolute atomic E-state index is 5.20. The molecule has 0 radical (unpaired) electrons. The second-order valence-electron chi connectivity index (χ2n) is 9.26. The average molecular weight is 779 g/mol. The standard InChI is InChI=1S/C12H15N3O3.C11H20N4S2.C4H4N2S3.C3H3N3/c1-4-7-16-10-13-11(17-8-5-2)15-12(14-10)18-9-6-3;1-3-5-7-15(8-6-4-2)9-12-10(16)14-11(17)13-9;7-2-1-3(8)6-4(9)5-2;1-4-2-6-3-5-1/h4-6H,1-3,7-9H2;3-8H2,1-2H3,(H2,12,13,14,16,17);1H,(H3,5,6,7,8,9);1-3H. The molecule has 0 amide bonds. The Bertz CT molecular complexity index is 1620. The topological polar surface area (TPSA) is 184 Å². The van der Waals surface area contributed by atoms with E-state index in [-0.39, 0.29) is 37.9 Å².